The molecular weight excluding hydrogens is 319 g/mol. The standard InChI is InChI=1S/C17H24F3N3O/c1-12(21)16(24)23-8-6-15(7-9-23)22(2)11-13-4-3-5-14(10-13)17(18,19)20/h3-5,10,12,15H,6-9,11,21H2,1-2H3/t12-/m1/s1. The van der Waals surface area contributed by atoms with Gasteiger partial charge in [-0.15, -0.1) is 0 Å². The second-order valence-corrected chi connectivity index (χ2v) is 6.46. The van der Waals surface area contributed by atoms with Crippen molar-refractivity contribution in [2.24, 2.45) is 5.73 Å². The van der Waals surface area contributed by atoms with Crippen LogP contribution in [0.25, 0.3) is 0 Å². The predicted molar refractivity (Wildman–Crippen MR) is 86.2 cm³/mol. The topological polar surface area (TPSA) is 49.6 Å². The first-order chi connectivity index (χ1) is 11.2. The smallest absolute Gasteiger partial charge is 0.341 e. The number of carbonyl (C=O) groups excluding carboxylic acids is 1. The van der Waals surface area contributed by atoms with Crippen molar-refractivity contribution in [2.75, 3.05) is 20.1 Å². The molecule has 1 amide bonds. The third-order valence-corrected chi connectivity index (χ3v) is 4.48. The molecule has 0 saturated carbocycles. The molecule has 1 aliphatic rings. The zero-order valence-electron chi connectivity index (χ0n) is 14.0. The Labute approximate surface area is 140 Å². The van der Waals surface area contributed by atoms with Crippen molar-refractivity contribution in [3.05, 3.63) is 35.4 Å². The molecule has 0 radical (unpaired) electrons. The molecule has 1 heterocycles. The van der Waals surface area contributed by atoms with E-state index in [0.29, 0.717) is 25.2 Å². The van der Waals surface area contributed by atoms with Gasteiger partial charge in [-0.2, -0.15) is 13.2 Å². The fourth-order valence-corrected chi connectivity index (χ4v) is 3.08. The maximum Gasteiger partial charge on any atom is 0.416 e. The van der Waals surface area contributed by atoms with E-state index in [0.717, 1.165) is 18.9 Å². The van der Waals surface area contributed by atoms with Crippen molar-refractivity contribution in [1.29, 1.82) is 0 Å². The average molecular weight is 343 g/mol. The van der Waals surface area contributed by atoms with Crippen LogP contribution in [0.2, 0.25) is 0 Å². The summed E-state index contributed by atoms with van der Waals surface area (Å²) in [6.07, 6.45) is -2.72. The largest absolute Gasteiger partial charge is 0.416 e. The zero-order chi connectivity index (χ0) is 17.9. The summed E-state index contributed by atoms with van der Waals surface area (Å²) in [4.78, 5) is 15.7. The fourth-order valence-electron chi connectivity index (χ4n) is 3.08. The number of hydrogen-bond donors (Lipinski definition) is 1. The second kappa shape index (κ2) is 7.53. The third kappa shape index (κ3) is 4.70. The quantitative estimate of drug-likeness (QED) is 0.914. The normalized spacial score (nSPS) is 18.0. The Hall–Kier alpha value is -1.60. The molecule has 7 heteroatoms. The van der Waals surface area contributed by atoms with Gasteiger partial charge in [-0.3, -0.25) is 9.69 Å². The lowest BCUT2D eigenvalue weighted by Crippen LogP contribution is -2.49. The van der Waals surface area contributed by atoms with E-state index >= 15 is 0 Å². The monoisotopic (exact) mass is 343 g/mol. The number of rotatable bonds is 4. The van der Waals surface area contributed by atoms with Crippen LogP contribution in [0.4, 0.5) is 13.2 Å². The van der Waals surface area contributed by atoms with Crippen molar-refractivity contribution in [3.63, 3.8) is 0 Å². The van der Waals surface area contributed by atoms with Gasteiger partial charge in [0.05, 0.1) is 11.6 Å². The molecule has 1 aromatic carbocycles. The number of piperidine rings is 1. The van der Waals surface area contributed by atoms with Crippen molar-refractivity contribution < 1.29 is 18.0 Å². The summed E-state index contributed by atoms with van der Waals surface area (Å²) in [5, 5.41) is 0. The molecule has 2 rings (SSSR count). The minimum Gasteiger partial charge on any atom is -0.341 e. The first-order valence-electron chi connectivity index (χ1n) is 8.09. The van der Waals surface area contributed by atoms with Crippen LogP contribution >= 0.6 is 0 Å². The Morgan fingerprint density at radius 2 is 2.00 bits per heavy atom. The maximum atomic E-state index is 12.8. The number of likely N-dealkylation sites (tertiary alicyclic amines) is 1. The predicted octanol–water partition coefficient (Wildman–Crippen LogP) is 2.48. The molecule has 1 aromatic rings. The number of hydrogen-bond acceptors (Lipinski definition) is 3. The van der Waals surface area contributed by atoms with Gasteiger partial charge in [-0.1, -0.05) is 18.2 Å². The fraction of sp³-hybridized carbons (Fsp3) is 0.588. The van der Waals surface area contributed by atoms with E-state index in [1.807, 2.05) is 7.05 Å². The lowest BCUT2D eigenvalue weighted by Gasteiger charge is -2.37. The Balaban J connectivity index is 1.92. The Kier molecular flexibility index (Phi) is 5.87. The van der Waals surface area contributed by atoms with Crippen LogP contribution in [0.1, 0.15) is 30.9 Å². The van der Waals surface area contributed by atoms with Gasteiger partial charge in [0.25, 0.3) is 0 Å². The number of nitrogens with zero attached hydrogens (tertiary/aromatic N) is 2. The van der Waals surface area contributed by atoms with Crippen molar-refractivity contribution in [2.45, 2.75) is 44.6 Å². The van der Waals surface area contributed by atoms with Crippen molar-refractivity contribution in [1.82, 2.24) is 9.80 Å². The van der Waals surface area contributed by atoms with Crippen LogP contribution in [0.5, 0.6) is 0 Å². The molecule has 1 aliphatic heterocycles. The maximum absolute atomic E-state index is 12.8. The number of carbonyl (C=O) groups is 1. The van der Waals surface area contributed by atoms with E-state index in [4.69, 9.17) is 5.73 Å². The van der Waals surface area contributed by atoms with Gasteiger partial charge in [0.15, 0.2) is 0 Å². The number of halogens is 3. The minimum atomic E-state index is -4.32. The lowest BCUT2D eigenvalue weighted by atomic mass is 10.0. The lowest BCUT2D eigenvalue weighted by molar-refractivity contribution is -0.137. The van der Waals surface area contributed by atoms with Gasteiger partial charge in [-0.05, 0) is 38.4 Å². The van der Waals surface area contributed by atoms with Gasteiger partial charge >= 0.3 is 6.18 Å². The number of benzene rings is 1. The highest BCUT2D eigenvalue weighted by atomic mass is 19.4. The zero-order valence-corrected chi connectivity index (χ0v) is 14.0. The number of nitrogens with two attached hydrogens (primary N) is 1. The molecule has 4 nitrogen and oxygen atoms in total. The molecule has 0 bridgehead atoms. The Morgan fingerprint density at radius 3 is 2.54 bits per heavy atom. The molecule has 0 aliphatic carbocycles. The molecule has 1 atom stereocenters. The van der Waals surface area contributed by atoms with E-state index in [2.05, 4.69) is 4.90 Å². The van der Waals surface area contributed by atoms with Crippen LogP contribution < -0.4 is 5.73 Å². The summed E-state index contributed by atoms with van der Waals surface area (Å²) in [7, 11) is 1.91. The summed E-state index contributed by atoms with van der Waals surface area (Å²) >= 11 is 0. The highest BCUT2D eigenvalue weighted by Gasteiger charge is 2.31. The van der Waals surface area contributed by atoms with Gasteiger partial charge in [-0.25, -0.2) is 0 Å². The van der Waals surface area contributed by atoms with Gasteiger partial charge in [0.1, 0.15) is 0 Å². The van der Waals surface area contributed by atoms with E-state index in [1.54, 1.807) is 17.9 Å². The summed E-state index contributed by atoms with van der Waals surface area (Å²) < 4.78 is 38.3. The minimum absolute atomic E-state index is 0.0472. The summed E-state index contributed by atoms with van der Waals surface area (Å²) in [5.74, 6) is -0.0472. The van der Waals surface area contributed by atoms with Crippen LogP contribution in [0.3, 0.4) is 0 Å². The van der Waals surface area contributed by atoms with Crippen LogP contribution in [-0.2, 0) is 17.5 Å². The summed E-state index contributed by atoms with van der Waals surface area (Å²) in [6, 6.07) is 5.18. The van der Waals surface area contributed by atoms with Crippen LogP contribution in [-0.4, -0.2) is 47.9 Å². The molecule has 1 saturated heterocycles. The van der Waals surface area contributed by atoms with Crippen molar-refractivity contribution >= 4 is 5.91 Å². The SMILES string of the molecule is C[C@@H](N)C(=O)N1CCC(N(C)Cc2cccc(C(F)(F)F)c2)CC1. The van der Waals surface area contributed by atoms with E-state index in [9.17, 15) is 18.0 Å². The highest BCUT2D eigenvalue weighted by molar-refractivity contribution is 5.81. The first kappa shape index (κ1) is 18.7. The second-order valence-electron chi connectivity index (χ2n) is 6.46. The van der Waals surface area contributed by atoms with Crippen LogP contribution in [0.15, 0.2) is 24.3 Å². The number of amides is 1. The first-order valence-corrected chi connectivity index (χ1v) is 8.09. The molecular formula is C17H24F3N3O. The number of alkyl halides is 3. The van der Waals surface area contributed by atoms with Gasteiger partial charge < -0.3 is 10.6 Å². The Bertz CT molecular complexity index is 566. The van der Waals surface area contributed by atoms with Gasteiger partial charge in [0.2, 0.25) is 5.91 Å². The molecule has 0 spiro atoms. The van der Waals surface area contributed by atoms with Crippen LogP contribution in [0, 0.1) is 0 Å². The van der Waals surface area contributed by atoms with Crippen molar-refractivity contribution in [3.8, 4) is 0 Å². The van der Waals surface area contributed by atoms with E-state index in [1.165, 1.54) is 12.1 Å². The molecule has 134 valence electrons. The molecule has 0 aromatic heterocycles. The summed E-state index contributed by atoms with van der Waals surface area (Å²) in [6.45, 7) is 3.40. The van der Waals surface area contributed by atoms with E-state index in [-0.39, 0.29) is 11.9 Å². The van der Waals surface area contributed by atoms with Gasteiger partial charge in [0, 0.05) is 25.7 Å². The highest BCUT2D eigenvalue weighted by Crippen LogP contribution is 2.30. The summed E-state index contributed by atoms with van der Waals surface area (Å²) in [5.41, 5.74) is 5.64. The third-order valence-electron chi connectivity index (χ3n) is 4.48. The molecule has 0 unspecified atom stereocenters. The molecule has 24 heavy (non-hydrogen) atoms. The average Bonchev–Trinajstić information content (AvgIpc) is 2.53. The molecule has 2 N–H and O–H groups in total. The molecule has 1 fully saturated rings. The van der Waals surface area contributed by atoms with E-state index < -0.39 is 17.8 Å². The Morgan fingerprint density at radius 1 is 1.38 bits per heavy atom.